The number of carbonyl (C=O) groups is 1. The van der Waals surface area contributed by atoms with Gasteiger partial charge in [0.25, 0.3) is 0 Å². The van der Waals surface area contributed by atoms with Crippen molar-refractivity contribution >= 4 is 11.8 Å². The predicted molar refractivity (Wildman–Crippen MR) is 57.7 cm³/mol. The summed E-state index contributed by atoms with van der Waals surface area (Å²) in [6.45, 7) is 0.735. The highest BCUT2D eigenvalue weighted by Crippen LogP contribution is 2.23. The van der Waals surface area contributed by atoms with Gasteiger partial charge in [0, 0.05) is 19.5 Å². The Kier molecular flexibility index (Phi) is 3.05. The van der Waals surface area contributed by atoms with Crippen LogP contribution in [0.5, 0.6) is 0 Å². The van der Waals surface area contributed by atoms with E-state index in [1.54, 1.807) is 18.2 Å². The minimum atomic E-state index is -0.535. The fourth-order valence-corrected chi connectivity index (χ4v) is 1.68. The number of benzene rings is 1. The van der Waals surface area contributed by atoms with Gasteiger partial charge in [0.15, 0.2) is 0 Å². The summed E-state index contributed by atoms with van der Waals surface area (Å²) < 4.78 is 18.5. The minimum absolute atomic E-state index is 0.253. The predicted octanol–water partition coefficient (Wildman–Crippen LogP) is 1.50. The molecule has 1 amide bonds. The van der Waals surface area contributed by atoms with Crippen molar-refractivity contribution in [2.75, 3.05) is 18.0 Å². The van der Waals surface area contributed by atoms with E-state index in [4.69, 9.17) is 10.5 Å². The Balaban J connectivity index is 2.18. The first-order valence-corrected chi connectivity index (χ1v) is 5.15. The lowest BCUT2D eigenvalue weighted by molar-refractivity contribution is 0.0885. The van der Waals surface area contributed by atoms with Crippen LogP contribution in [0, 0.1) is 5.82 Å². The number of cyclic esters (lactones) is 1. The highest BCUT2D eigenvalue weighted by molar-refractivity contribution is 5.88. The van der Waals surface area contributed by atoms with Crippen LogP contribution >= 0.6 is 0 Å². The van der Waals surface area contributed by atoms with Crippen molar-refractivity contribution in [3.05, 3.63) is 30.1 Å². The largest absolute Gasteiger partial charge is 0.444 e. The molecule has 1 unspecified atom stereocenters. The summed E-state index contributed by atoms with van der Waals surface area (Å²) in [7, 11) is 0. The molecular weight excluding hydrogens is 211 g/mol. The van der Waals surface area contributed by atoms with Crippen LogP contribution in [0.15, 0.2) is 24.3 Å². The summed E-state index contributed by atoms with van der Waals surface area (Å²) >= 11 is 0. The van der Waals surface area contributed by atoms with Crippen molar-refractivity contribution in [1.29, 1.82) is 0 Å². The fourth-order valence-electron chi connectivity index (χ4n) is 1.68. The van der Waals surface area contributed by atoms with E-state index < -0.39 is 11.9 Å². The second-order valence-electron chi connectivity index (χ2n) is 3.63. The number of hydrogen-bond donors (Lipinski definition) is 1. The fraction of sp³-hybridized carbons (Fsp3) is 0.364. The average Bonchev–Trinajstić information content (AvgIpc) is 2.30. The number of rotatable bonds is 2. The van der Waals surface area contributed by atoms with Crippen LogP contribution in [0.3, 0.4) is 0 Å². The molecule has 0 saturated carbocycles. The van der Waals surface area contributed by atoms with E-state index in [0.29, 0.717) is 19.5 Å². The first kappa shape index (κ1) is 10.9. The zero-order valence-electron chi connectivity index (χ0n) is 8.73. The lowest BCUT2D eigenvalue weighted by Gasteiger charge is -2.31. The number of ether oxygens (including phenoxy) is 1. The van der Waals surface area contributed by atoms with E-state index in [2.05, 4.69) is 0 Å². The summed E-state index contributed by atoms with van der Waals surface area (Å²) in [5, 5.41) is 0. The molecule has 1 atom stereocenters. The van der Waals surface area contributed by atoms with Crippen LogP contribution in [0.1, 0.15) is 6.42 Å². The Morgan fingerprint density at radius 1 is 1.50 bits per heavy atom. The first-order chi connectivity index (χ1) is 7.72. The van der Waals surface area contributed by atoms with Crippen molar-refractivity contribution in [1.82, 2.24) is 0 Å². The van der Waals surface area contributed by atoms with E-state index in [1.165, 1.54) is 11.0 Å². The lowest BCUT2D eigenvalue weighted by Crippen LogP contribution is -2.44. The van der Waals surface area contributed by atoms with Crippen molar-refractivity contribution in [2.24, 2.45) is 5.73 Å². The van der Waals surface area contributed by atoms with E-state index in [1.807, 2.05) is 0 Å². The van der Waals surface area contributed by atoms with E-state index in [9.17, 15) is 9.18 Å². The van der Waals surface area contributed by atoms with Crippen LogP contribution < -0.4 is 10.6 Å². The first-order valence-electron chi connectivity index (χ1n) is 5.15. The maximum atomic E-state index is 13.5. The van der Waals surface area contributed by atoms with Crippen molar-refractivity contribution in [2.45, 2.75) is 12.5 Å². The zero-order chi connectivity index (χ0) is 11.5. The molecule has 0 spiro atoms. The third-order valence-corrected chi connectivity index (χ3v) is 2.57. The molecule has 4 nitrogen and oxygen atoms in total. The summed E-state index contributed by atoms with van der Waals surface area (Å²) in [4.78, 5) is 12.9. The van der Waals surface area contributed by atoms with Gasteiger partial charge in [0.05, 0.1) is 5.69 Å². The second kappa shape index (κ2) is 4.49. The third kappa shape index (κ3) is 1.99. The number of halogens is 1. The van der Waals surface area contributed by atoms with Crippen LogP contribution in [-0.2, 0) is 4.74 Å². The Morgan fingerprint density at radius 2 is 2.25 bits per heavy atom. The number of para-hydroxylation sites is 1. The molecule has 0 bridgehead atoms. The van der Waals surface area contributed by atoms with E-state index >= 15 is 0 Å². The Morgan fingerprint density at radius 3 is 2.88 bits per heavy atom. The second-order valence-corrected chi connectivity index (χ2v) is 3.63. The molecule has 0 aliphatic carbocycles. The molecular formula is C11H13FN2O2. The molecule has 16 heavy (non-hydrogen) atoms. The summed E-state index contributed by atoms with van der Waals surface area (Å²) in [5.41, 5.74) is 5.66. The number of anilines is 1. The minimum Gasteiger partial charge on any atom is -0.444 e. The van der Waals surface area contributed by atoms with Gasteiger partial charge in [-0.1, -0.05) is 12.1 Å². The van der Waals surface area contributed by atoms with Crippen LogP contribution in [-0.4, -0.2) is 25.3 Å². The Hall–Kier alpha value is -1.62. The smallest absolute Gasteiger partial charge is 0.414 e. The van der Waals surface area contributed by atoms with Crippen molar-refractivity contribution < 1.29 is 13.9 Å². The van der Waals surface area contributed by atoms with Gasteiger partial charge < -0.3 is 10.5 Å². The monoisotopic (exact) mass is 224 g/mol. The lowest BCUT2D eigenvalue weighted by atomic mass is 10.2. The van der Waals surface area contributed by atoms with Gasteiger partial charge in [-0.3, -0.25) is 4.90 Å². The third-order valence-electron chi connectivity index (χ3n) is 2.57. The number of nitrogens with two attached hydrogens (primary N) is 1. The quantitative estimate of drug-likeness (QED) is 0.828. The maximum absolute atomic E-state index is 13.5. The molecule has 5 heteroatoms. The number of carbonyl (C=O) groups excluding carboxylic acids is 1. The number of hydrogen-bond acceptors (Lipinski definition) is 3. The molecule has 1 aromatic rings. The van der Waals surface area contributed by atoms with E-state index in [-0.39, 0.29) is 11.8 Å². The molecule has 86 valence electrons. The molecule has 1 aromatic carbocycles. The molecule has 0 radical (unpaired) electrons. The molecule has 0 aromatic heterocycles. The maximum Gasteiger partial charge on any atom is 0.414 e. The molecule has 1 fully saturated rings. The number of nitrogens with zero attached hydrogens (tertiary/aromatic N) is 1. The topological polar surface area (TPSA) is 55.6 Å². The van der Waals surface area contributed by atoms with Gasteiger partial charge >= 0.3 is 6.09 Å². The normalized spacial score (nSPS) is 20.8. The number of amides is 1. The van der Waals surface area contributed by atoms with Crippen LogP contribution in [0.4, 0.5) is 14.9 Å². The highest BCUT2D eigenvalue weighted by atomic mass is 19.1. The van der Waals surface area contributed by atoms with Gasteiger partial charge in [-0.2, -0.15) is 0 Å². The summed E-state index contributed by atoms with van der Waals surface area (Å²) in [6.07, 6.45) is -0.168. The van der Waals surface area contributed by atoms with Gasteiger partial charge in [-0.05, 0) is 12.1 Å². The summed E-state index contributed by atoms with van der Waals surface area (Å²) in [6, 6.07) is 6.13. The standard InChI is InChI=1S/C11H13FN2O2/c12-9-3-1-2-4-10(9)14-6-5-8(7-13)16-11(14)15/h1-4,8H,5-7,13H2. The molecule has 2 N–H and O–H groups in total. The van der Waals surface area contributed by atoms with Crippen LogP contribution in [0.2, 0.25) is 0 Å². The zero-order valence-corrected chi connectivity index (χ0v) is 8.73. The van der Waals surface area contributed by atoms with Crippen LogP contribution in [0.25, 0.3) is 0 Å². The SMILES string of the molecule is NCC1CCN(c2ccccc2F)C(=O)O1. The van der Waals surface area contributed by atoms with Gasteiger partial charge in [-0.25, -0.2) is 9.18 Å². The Bertz CT molecular complexity index is 397. The highest BCUT2D eigenvalue weighted by Gasteiger charge is 2.28. The average molecular weight is 224 g/mol. The Labute approximate surface area is 92.8 Å². The summed E-state index contributed by atoms with van der Waals surface area (Å²) in [5.74, 6) is -0.425. The van der Waals surface area contributed by atoms with Gasteiger partial charge in [-0.15, -0.1) is 0 Å². The van der Waals surface area contributed by atoms with Crippen molar-refractivity contribution in [3.63, 3.8) is 0 Å². The molecule has 1 saturated heterocycles. The van der Waals surface area contributed by atoms with E-state index in [0.717, 1.165) is 0 Å². The van der Waals surface area contributed by atoms with Gasteiger partial charge in [0.2, 0.25) is 0 Å². The molecule has 1 heterocycles. The molecule has 2 rings (SSSR count). The van der Waals surface area contributed by atoms with Crippen molar-refractivity contribution in [3.8, 4) is 0 Å². The molecule has 1 aliphatic rings. The van der Waals surface area contributed by atoms with Gasteiger partial charge in [0.1, 0.15) is 11.9 Å². The molecule has 1 aliphatic heterocycles.